The third-order valence-corrected chi connectivity index (χ3v) is 5.25. The van der Waals surface area contributed by atoms with E-state index in [0.29, 0.717) is 35.3 Å². The Morgan fingerprint density at radius 2 is 1.81 bits per heavy atom. The van der Waals surface area contributed by atoms with Crippen LogP contribution in [0.3, 0.4) is 0 Å². The summed E-state index contributed by atoms with van der Waals surface area (Å²) in [5.41, 5.74) is 1.85. The number of piperidine rings is 1. The fraction of sp³-hybridized carbons (Fsp3) is 0.385. The highest BCUT2D eigenvalue weighted by Crippen LogP contribution is 2.29. The molecule has 3 rings (SSSR count). The molecule has 2 amide bonds. The van der Waals surface area contributed by atoms with Gasteiger partial charge in [-0.2, -0.15) is 0 Å². The molecule has 0 atom stereocenters. The van der Waals surface area contributed by atoms with E-state index >= 15 is 0 Å². The zero-order valence-corrected chi connectivity index (χ0v) is 19.1. The van der Waals surface area contributed by atoms with Crippen LogP contribution in [0.4, 0.5) is 5.69 Å². The number of anilines is 1. The molecule has 170 valence electrons. The molecule has 0 radical (unpaired) electrons. The van der Waals surface area contributed by atoms with Crippen LogP contribution in [0.1, 0.15) is 49.0 Å². The average Bonchev–Trinajstić information content (AvgIpc) is 2.82. The molecule has 0 aliphatic carbocycles. The van der Waals surface area contributed by atoms with Gasteiger partial charge in [0, 0.05) is 19.2 Å². The van der Waals surface area contributed by atoms with Gasteiger partial charge in [0.2, 0.25) is 5.91 Å². The molecule has 2 aromatic rings. The van der Waals surface area contributed by atoms with E-state index in [1.165, 1.54) is 6.08 Å². The predicted molar refractivity (Wildman–Crippen MR) is 127 cm³/mol. The highest BCUT2D eigenvalue weighted by molar-refractivity contribution is 6.07. The molecule has 1 saturated heterocycles. The maximum absolute atomic E-state index is 12.9. The first-order valence-corrected chi connectivity index (χ1v) is 11.2. The van der Waals surface area contributed by atoms with Crippen molar-refractivity contribution in [3.63, 3.8) is 0 Å². The van der Waals surface area contributed by atoms with E-state index in [-0.39, 0.29) is 11.8 Å². The fourth-order valence-electron chi connectivity index (χ4n) is 3.56. The van der Waals surface area contributed by atoms with Crippen LogP contribution in [0, 0.1) is 5.92 Å². The molecular formula is C26H32N2O4. The van der Waals surface area contributed by atoms with E-state index in [9.17, 15) is 9.59 Å². The van der Waals surface area contributed by atoms with Crippen LogP contribution >= 0.6 is 0 Å². The molecule has 0 spiro atoms. The second-order valence-electron chi connectivity index (χ2n) is 8.34. The summed E-state index contributed by atoms with van der Waals surface area (Å²) in [4.78, 5) is 27.3. The summed E-state index contributed by atoms with van der Waals surface area (Å²) in [5, 5.41) is 2.84. The number of hydrogen-bond acceptors (Lipinski definition) is 4. The summed E-state index contributed by atoms with van der Waals surface area (Å²) in [5.74, 6) is 1.36. The lowest BCUT2D eigenvalue weighted by Crippen LogP contribution is -2.36. The number of methoxy groups -OCH3 is 1. The van der Waals surface area contributed by atoms with Gasteiger partial charge < -0.3 is 19.7 Å². The number of para-hydroxylation sites is 1. The Kier molecular flexibility index (Phi) is 8.31. The van der Waals surface area contributed by atoms with Crippen molar-refractivity contribution in [2.75, 3.05) is 32.1 Å². The second kappa shape index (κ2) is 11.4. The summed E-state index contributed by atoms with van der Waals surface area (Å²) in [6.07, 6.45) is 6.36. The second-order valence-corrected chi connectivity index (χ2v) is 8.34. The highest BCUT2D eigenvalue weighted by atomic mass is 16.5. The summed E-state index contributed by atoms with van der Waals surface area (Å²) in [6.45, 7) is 6.30. The van der Waals surface area contributed by atoms with Crippen LogP contribution in [0.25, 0.3) is 6.08 Å². The van der Waals surface area contributed by atoms with Gasteiger partial charge in [0.05, 0.1) is 25.0 Å². The summed E-state index contributed by atoms with van der Waals surface area (Å²) < 4.78 is 11.2. The number of rotatable bonds is 8. The summed E-state index contributed by atoms with van der Waals surface area (Å²) >= 11 is 0. The van der Waals surface area contributed by atoms with Crippen LogP contribution in [0.5, 0.6) is 11.5 Å². The summed E-state index contributed by atoms with van der Waals surface area (Å²) in [7, 11) is 1.59. The zero-order valence-electron chi connectivity index (χ0n) is 19.1. The van der Waals surface area contributed by atoms with Gasteiger partial charge in [-0.25, -0.2) is 0 Å². The molecule has 6 heteroatoms. The summed E-state index contributed by atoms with van der Waals surface area (Å²) in [6, 6.07) is 12.7. The van der Waals surface area contributed by atoms with Crippen molar-refractivity contribution in [1.82, 2.24) is 4.90 Å². The molecular weight excluding hydrogens is 404 g/mol. The number of likely N-dealkylation sites (tertiary alicyclic amines) is 1. The number of carbonyl (C=O) groups excluding carboxylic acids is 2. The largest absolute Gasteiger partial charge is 0.493 e. The van der Waals surface area contributed by atoms with E-state index < -0.39 is 0 Å². The van der Waals surface area contributed by atoms with E-state index in [4.69, 9.17) is 9.47 Å². The molecule has 0 aromatic heterocycles. The minimum absolute atomic E-state index is 0.0358. The first-order valence-electron chi connectivity index (χ1n) is 11.2. The van der Waals surface area contributed by atoms with Crippen molar-refractivity contribution < 1.29 is 19.1 Å². The number of nitrogens with one attached hydrogen (secondary N) is 1. The first kappa shape index (κ1) is 23.4. The zero-order chi connectivity index (χ0) is 22.9. The Balaban J connectivity index is 1.67. The average molecular weight is 437 g/mol. The van der Waals surface area contributed by atoms with Crippen molar-refractivity contribution in [1.29, 1.82) is 0 Å². The number of nitrogens with zero attached hydrogens (tertiary/aromatic N) is 1. The van der Waals surface area contributed by atoms with Crippen LogP contribution in [-0.4, -0.2) is 43.5 Å². The monoisotopic (exact) mass is 436 g/mol. The number of carbonyl (C=O) groups is 2. The SMILES string of the molecule is COc1cc(C=CC(=O)Nc2ccccc2C(=O)N2CCCCC2)ccc1OCC(C)C. The lowest BCUT2D eigenvalue weighted by atomic mass is 10.1. The minimum atomic E-state index is -0.303. The van der Waals surface area contributed by atoms with Crippen molar-refractivity contribution in [2.45, 2.75) is 33.1 Å². The Labute approximate surface area is 190 Å². The van der Waals surface area contributed by atoms with Crippen molar-refractivity contribution in [2.24, 2.45) is 5.92 Å². The maximum atomic E-state index is 12.9. The van der Waals surface area contributed by atoms with Gasteiger partial charge in [-0.1, -0.05) is 32.0 Å². The van der Waals surface area contributed by atoms with Crippen LogP contribution in [-0.2, 0) is 4.79 Å². The molecule has 0 saturated carbocycles. The smallest absolute Gasteiger partial charge is 0.255 e. The van der Waals surface area contributed by atoms with Gasteiger partial charge in [0.25, 0.3) is 5.91 Å². The van der Waals surface area contributed by atoms with Crippen LogP contribution < -0.4 is 14.8 Å². The number of amides is 2. The lowest BCUT2D eigenvalue weighted by Gasteiger charge is -2.27. The van der Waals surface area contributed by atoms with Gasteiger partial charge in [0.1, 0.15) is 0 Å². The Morgan fingerprint density at radius 1 is 1.06 bits per heavy atom. The molecule has 0 bridgehead atoms. The van der Waals surface area contributed by atoms with Crippen molar-refractivity contribution >= 4 is 23.6 Å². The van der Waals surface area contributed by atoms with Crippen LogP contribution in [0.15, 0.2) is 48.5 Å². The molecule has 1 heterocycles. The highest BCUT2D eigenvalue weighted by Gasteiger charge is 2.20. The molecule has 1 N–H and O–H groups in total. The topological polar surface area (TPSA) is 67.9 Å². The van der Waals surface area contributed by atoms with Crippen molar-refractivity contribution in [3.05, 3.63) is 59.7 Å². The van der Waals surface area contributed by atoms with Gasteiger partial charge in [-0.15, -0.1) is 0 Å². The molecule has 1 aliphatic heterocycles. The minimum Gasteiger partial charge on any atom is -0.493 e. The fourth-order valence-corrected chi connectivity index (χ4v) is 3.56. The number of benzene rings is 2. The standard InChI is InChI=1S/C26H32N2O4/c1-19(2)18-32-23-13-11-20(17-24(23)31-3)12-14-25(29)27-22-10-6-5-9-21(22)26(30)28-15-7-4-8-16-28/h5-6,9-14,17,19H,4,7-8,15-16,18H2,1-3H3,(H,27,29). The predicted octanol–water partition coefficient (Wildman–Crippen LogP) is 5.01. The number of hydrogen-bond donors (Lipinski definition) is 1. The van der Waals surface area contributed by atoms with Gasteiger partial charge in [-0.05, 0) is 61.1 Å². The molecule has 32 heavy (non-hydrogen) atoms. The van der Waals surface area contributed by atoms with E-state index in [2.05, 4.69) is 19.2 Å². The third kappa shape index (κ3) is 6.36. The van der Waals surface area contributed by atoms with Crippen molar-refractivity contribution in [3.8, 4) is 11.5 Å². The Bertz CT molecular complexity index is 962. The van der Waals surface area contributed by atoms with Gasteiger partial charge in [-0.3, -0.25) is 9.59 Å². The number of ether oxygens (including phenoxy) is 2. The lowest BCUT2D eigenvalue weighted by molar-refractivity contribution is -0.111. The van der Waals surface area contributed by atoms with Gasteiger partial charge >= 0.3 is 0 Å². The Morgan fingerprint density at radius 3 is 2.53 bits per heavy atom. The quantitative estimate of drug-likeness (QED) is 0.591. The maximum Gasteiger partial charge on any atom is 0.255 e. The Hall–Kier alpha value is -3.28. The third-order valence-electron chi connectivity index (χ3n) is 5.25. The first-order chi connectivity index (χ1) is 15.5. The molecule has 6 nitrogen and oxygen atoms in total. The molecule has 1 aliphatic rings. The molecule has 2 aromatic carbocycles. The van der Waals surface area contributed by atoms with Crippen LogP contribution in [0.2, 0.25) is 0 Å². The normalized spacial score (nSPS) is 13.9. The molecule has 1 fully saturated rings. The van der Waals surface area contributed by atoms with Gasteiger partial charge in [0.15, 0.2) is 11.5 Å². The van der Waals surface area contributed by atoms with E-state index in [1.807, 2.05) is 35.2 Å². The van der Waals surface area contributed by atoms with E-state index in [1.54, 1.807) is 25.3 Å². The van der Waals surface area contributed by atoms with E-state index in [0.717, 1.165) is 37.9 Å². The molecule has 0 unspecified atom stereocenters.